The molecule has 2 rings (SSSR count). The lowest BCUT2D eigenvalue weighted by Crippen LogP contribution is -2.33. The highest BCUT2D eigenvalue weighted by molar-refractivity contribution is 9.10. The van der Waals surface area contributed by atoms with Crippen molar-refractivity contribution < 1.29 is 0 Å². The van der Waals surface area contributed by atoms with Crippen molar-refractivity contribution >= 4 is 15.9 Å². The molecule has 0 amide bonds. The van der Waals surface area contributed by atoms with E-state index >= 15 is 0 Å². The van der Waals surface area contributed by atoms with Crippen LogP contribution in [0.2, 0.25) is 0 Å². The minimum absolute atomic E-state index is 0.417. The standard InChI is InChI=1S/C15H20BrN3/c1-3-17-14(11-15-18-7-8-19(15)2)10-12-5-4-6-13(16)9-12/h4-9,14,17H,3,10-11H2,1-2H3. The van der Waals surface area contributed by atoms with Crippen LogP contribution in [0.4, 0.5) is 0 Å². The van der Waals surface area contributed by atoms with Gasteiger partial charge in [-0.1, -0.05) is 35.0 Å². The number of benzene rings is 1. The van der Waals surface area contributed by atoms with E-state index in [1.165, 1.54) is 5.56 Å². The molecule has 19 heavy (non-hydrogen) atoms. The molecule has 1 aromatic heterocycles. The third kappa shape index (κ3) is 4.18. The third-order valence-electron chi connectivity index (χ3n) is 3.21. The predicted molar refractivity (Wildman–Crippen MR) is 82.2 cm³/mol. The molecule has 0 bridgehead atoms. The van der Waals surface area contributed by atoms with Crippen molar-refractivity contribution in [2.24, 2.45) is 7.05 Å². The molecule has 1 heterocycles. The van der Waals surface area contributed by atoms with E-state index in [9.17, 15) is 0 Å². The van der Waals surface area contributed by atoms with E-state index in [2.05, 4.69) is 62.0 Å². The first-order valence-corrected chi connectivity index (χ1v) is 7.42. The summed E-state index contributed by atoms with van der Waals surface area (Å²) in [5, 5.41) is 3.55. The number of imidazole rings is 1. The van der Waals surface area contributed by atoms with Crippen molar-refractivity contribution in [1.29, 1.82) is 0 Å². The van der Waals surface area contributed by atoms with Crippen LogP contribution in [-0.4, -0.2) is 22.1 Å². The largest absolute Gasteiger partial charge is 0.338 e. The van der Waals surface area contributed by atoms with Gasteiger partial charge in [0.2, 0.25) is 0 Å². The predicted octanol–water partition coefficient (Wildman–Crippen LogP) is 2.95. The molecular weight excluding hydrogens is 302 g/mol. The zero-order chi connectivity index (χ0) is 13.7. The highest BCUT2D eigenvalue weighted by Crippen LogP contribution is 2.14. The van der Waals surface area contributed by atoms with Crippen LogP contribution in [0.1, 0.15) is 18.3 Å². The van der Waals surface area contributed by atoms with Gasteiger partial charge in [0.15, 0.2) is 0 Å². The second kappa shape index (κ2) is 6.87. The summed E-state index contributed by atoms with van der Waals surface area (Å²) in [4.78, 5) is 4.41. The van der Waals surface area contributed by atoms with E-state index in [4.69, 9.17) is 0 Å². The second-order valence-electron chi connectivity index (χ2n) is 4.75. The number of rotatable bonds is 6. The van der Waals surface area contributed by atoms with Gasteiger partial charge < -0.3 is 9.88 Å². The number of nitrogens with one attached hydrogen (secondary N) is 1. The number of aryl methyl sites for hydroxylation is 1. The van der Waals surface area contributed by atoms with Gasteiger partial charge in [0.05, 0.1) is 0 Å². The smallest absolute Gasteiger partial charge is 0.109 e. The van der Waals surface area contributed by atoms with Crippen LogP contribution < -0.4 is 5.32 Å². The van der Waals surface area contributed by atoms with Crippen LogP contribution in [-0.2, 0) is 19.9 Å². The molecule has 3 nitrogen and oxygen atoms in total. The number of nitrogens with zero attached hydrogens (tertiary/aromatic N) is 2. The van der Waals surface area contributed by atoms with Crippen molar-refractivity contribution in [3.05, 3.63) is 52.5 Å². The summed E-state index contributed by atoms with van der Waals surface area (Å²) in [5.41, 5.74) is 1.34. The first kappa shape index (κ1) is 14.3. The SMILES string of the molecule is CCNC(Cc1cccc(Br)c1)Cc1nccn1C. The van der Waals surface area contributed by atoms with E-state index in [0.717, 1.165) is 29.7 Å². The summed E-state index contributed by atoms with van der Waals surface area (Å²) in [6, 6.07) is 8.92. The van der Waals surface area contributed by atoms with Crippen LogP contribution in [0.15, 0.2) is 41.1 Å². The molecule has 1 atom stereocenters. The Morgan fingerprint density at radius 2 is 2.21 bits per heavy atom. The Labute approximate surface area is 123 Å². The molecule has 0 saturated carbocycles. The quantitative estimate of drug-likeness (QED) is 0.886. The van der Waals surface area contributed by atoms with Crippen molar-refractivity contribution in [2.75, 3.05) is 6.54 Å². The van der Waals surface area contributed by atoms with Crippen LogP contribution in [0.5, 0.6) is 0 Å². The second-order valence-corrected chi connectivity index (χ2v) is 5.66. The van der Waals surface area contributed by atoms with Crippen LogP contribution in [0.3, 0.4) is 0 Å². The fraction of sp³-hybridized carbons (Fsp3) is 0.400. The summed E-state index contributed by atoms with van der Waals surface area (Å²) >= 11 is 3.53. The van der Waals surface area contributed by atoms with E-state index in [1.807, 2.05) is 19.4 Å². The van der Waals surface area contributed by atoms with Crippen molar-refractivity contribution in [3.8, 4) is 0 Å². The molecule has 0 radical (unpaired) electrons. The Bertz CT molecular complexity index is 522. The summed E-state index contributed by atoms with van der Waals surface area (Å²) in [5.74, 6) is 1.13. The lowest BCUT2D eigenvalue weighted by atomic mass is 10.0. The van der Waals surface area contributed by atoms with Gasteiger partial charge in [-0.2, -0.15) is 0 Å². The number of halogens is 1. The molecule has 1 N–H and O–H groups in total. The molecule has 0 aliphatic carbocycles. The number of hydrogen-bond acceptors (Lipinski definition) is 2. The van der Waals surface area contributed by atoms with Gasteiger partial charge in [-0.05, 0) is 30.7 Å². The minimum Gasteiger partial charge on any atom is -0.338 e. The molecular formula is C15H20BrN3. The molecule has 0 spiro atoms. The highest BCUT2D eigenvalue weighted by Gasteiger charge is 2.12. The fourth-order valence-corrected chi connectivity index (χ4v) is 2.71. The van der Waals surface area contributed by atoms with Crippen molar-refractivity contribution in [2.45, 2.75) is 25.8 Å². The molecule has 2 aromatic rings. The third-order valence-corrected chi connectivity index (χ3v) is 3.71. The number of aromatic nitrogens is 2. The highest BCUT2D eigenvalue weighted by atomic mass is 79.9. The first-order chi connectivity index (χ1) is 9.19. The fourth-order valence-electron chi connectivity index (χ4n) is 2.27. The van der Waals surface area contributed by atoms with Crippen LogP contribution in [0, 0.1) is 0 Å². The Balaban J connectivity index is 2.06. The van der Waals surface area contributed by atoms with Crippen molar-refractivity contribution in [1.82, 2.24) is 14.9 Å². The minimum atomic E-state index is 0.417. The van der Waals surface area contributed by atoms with Gasteiger partial charge in [-0.3, -0.25) is 0 Å². The van der Waals surface area contributed by atoms with Gasteiger partial charge in [-0.15, -0.1) is 0 Å². The topological polar surface area (TPSA) is 29.9 Å². The summed E-state index contributed by atoms with van der Waals surface area (Å²) in [6.07, 6.45) is 5.82. The van der Waals surface area contributed by atoms with E-state index in [-0.39, 0.29) is 0 Å². The number of likely N-dealkylation sites (N-methyl/N-ethyl adjacent to an activating group) is 1. The number of hydrogen-bond donors (Lipinski definition) is 1. The molecule has 0 fully saturated rings. The Morgan fingerprint density at radius 1 is 1.37 bits per heavy atom. The molecule has 1 aromatic carbocycles. The normalized spacial score (nSPS) is 12.6. The molecule has 0 aliphatic rings. The zero-order valence-corrected chi connectivity index (χ0v) is 13.0. The van der Waals surface area contributed by atoms with Gasteiger partial charge >= 0.3 is 0 Å². The molecule has 1 unspecified atom stereocenters. The molecule has 0 saturated heterocycles. The van der Waals surface area contributed by atoms with E-state index in [0.29, 0.717) is 6.04 Å². The van der Waals surface area contributed by atoms with E-state index in [1.54, 1.807) is 0 Å². The van der Waals surface area contributed by atoms with Crippen molar-refractivity contribution in [3.63, 3.8) is 0 Å². The van der Waals surface area contributed by atoms with Gasteiger partial charge in [0.25, 0.3) is 0 Å². The summed E-state index contributed by atoms with van der Waals surface area (Å²) < 4.78 is 3.22. The monoisotopic (exact) mass is 321 g/mol. The molecule has 0 aliphatic heterocycles. The molecule has 102 valence electrons. The van der Waals surface area contributed by atoms with Crippen LogP contribution >= 0.6 is 15.9 Å². The maximum Gasteiger partial charge on any atom is 0.109 e. The Hall–Kier alpha value is -1.13. The van der Waals surface area contributed by atoms with Gasteiger partial charge in [0, 0.05) is 36.4 Å². The summed E-state index contributed by atoms with van der Waals surface area (Å²) in [7, 11) is 2.05. The zero-order valence-electron chi connectivity index (χ0n) is 11.4. The first-order valence-electron chi connectivity index (χ1n) is 6.63. The maximum absolute atomic E-state index is 4.41. The summed E-state index contributed by atoms with van der Waals surface area (Å²) in [6.45, 7) is 3.12. The Kier molecular flexibility index (Phi) is 5.16. The lowest BCUT2D eigenvalue weighted by molar-refractivity contribution is 0.504. The van der Waals surface area contributed by atoms with E-state index < -0.39 is 0 Å². The maximum atomic E-state index is 4.41. The lowest BCUT2D eigenvalue weighted by Gasteiger charge is -2.18. The average Bonchev–Trinajstić information content (AvgIpc) is 2.75. The molecule has 4 heteroatoms. The van der Waals surface area contributed by atoms with Gasteiger partial charge in [0.1, 0.15) is 5.82 Å². The van der Waals surface area contributed by atoms with Crippen LogP contribution in [0.25, 0.3) is 0 Å². The van der Waals surface area contributed by atoms with Gasteiger partial charge in [-0.25, -0.2) is 4.98 Å². The Morgan fingerprint density at radius 3 is 2.84 bits per heavy atom. The average molecular weight is 322 g/mol.